The summed E-state index contributed by atoms with van der Waals surface area (Å²) in [6.07, 6.45) is 5.93. The summed E-state index contributed by atoms with van der Waals surface area (Å²) in [6.45, 7) is 4.76. The Morgan fingerprint density at radius 2 is 1.69 bits per heavy atom. The SMILES string of the molecule is CCOC(=O)/C(Cl)=C/c1cc(N2C(=O)C3=C(CCCC3)C2=O)ccc1Cl.CP(=O)(O)CCC(N)C(=O)O.Cc1ccn2nc(S(=O)(=O)Nc3c(F)cccc3F)nc2n1. The zero-order chi connectivity index (χ0) is 43.8. The van der Waals surface area contributed by atoms with Gasteiger partial charge in [-0.1, -0.05) is 29.3 Å². The summed E-state index contributed by atoms with van der Waals surface area (Å²) in [6, 6.07) is 8.31. The molecule has 316 valence electrons. The fraction of sp³-hybridized carbons (Fsp3) is 0.306. The smallest absolute Gasteiger partial charge is 0.349 e. The van der Waals surface area contributed by atoms with Crippen molar-refractivity contribution in [1.29, 1.82) is 0 Å². The van der Waals surface area contributed by atoms with Gasteiger partial charge in [0.15, 0.2) is 7.37 Å². The van der Waals surface area contributed by atoms with E-state index in [0.29, 0.717) is 46.0 Å². The molecule has 1 aliphatic heterocycles. The number of hydrogen-bond donors (Lipinski definition) is 4. The number of esters is 1. The van der Waals surface area contributed by atoms with Crippen molar-refractivity contribution in [2.24, 2.45) is 5.73 Å². The molecule has 59 heavy (non-hydrogen) atoms. The largest absolute Gasteiger partial charge is 0.480 e. The molecular formula is C36H38Cl2F2N7O10PS. The van der Waals surface area contributed by atoms with Crippen molar-refractivity contribution >= 4 is 87.6 Å². The lowest BCUT2D eigenvalue weighted by molar-refractivity contribution is -0.139. The van der Waals surface area contributed by atoms with Crippen molar-refractivity contribution in [2.75, 3.05) is 29.1 Å². The van der Waals surface area contributed by atoms with E-state index in [0.717, 1.165) is 35.6 Å². The van der Waals surface area contributed by atoms with E-state index < -0.39 is 57.9 Å². The van der Waals surface area contributed by atoms with Crippen LogP contribution < -0.4 is 15.4 Å². The van der Waals surface area contributed by atoms with Crippen LogP contribution in [0.1, 0.15) is 50.3 Å². The van der Waals surface area contributed by atoms with Gasteiger partial charge in [0, 0.05) is 40.9 Å². The molecule has 0 saturated heterocycles. The van der Waals surface area contributed by atoms with Crippen LogP contribution in [-0.2, 0) is 38.5 Å². The highest BCUT2D eigenvalue weighted by atomic mass is 35.5. The third-order valence-electron chi connectivity index (χ3n) is 8.32. The van der Waals surface area contributed by atoms with Crippen LogP contribution >= 0.6 is 30.6 Å². The average molecular weight is 901 g/mol. The predicted molar refractivity (Wildman–Crippen MR) is 213 cm³/mol. The van der Waals surface area contributed by atoms with Crippen LogP contribution in [0.25, 0.3) is 11.9 Å². The number of carboxylic acids is 1. The molecule has 0 spiro atoms. The van der Waals surface area contributed by atoms with Crippen molar-refractivity contribution in [2.45, 2.75) is 57.1 Å². The Balaban J connectivity index is 0.000000211. The first kappa shape index (κ1) is 46.6. The zero-order valence-corrected chi connectivity index (χ0v) is 34.8. The van der Waals surface area contributed by atoms with Crippen molar-refractivity contribution in [3.63, 3.8) is 0 Å². The number of carboxylic acid groups (broad SMARTS) is 1. The van der Waals surface area contributed by atoms with Gasteiger partial charge in [0.05, 0.1) is 12.3 Å². The third-order valence-corrected chi connectivity index (χ3v) is 11.1. The molecule has 6 rings (SSSR count). The van der Waals surface area contributed by atoms with Gasteiger partial charge in [-0.05, 0) is 94.0 Å². The van der Waals surface area contributed by atoms with Gasteiger partial charge >= 0.3 is 11.9 Å². The van der Waals surface area contributed by atoms with Crippen LogP contribution in [0.5, 0.6) is 0 Å². The second-order valence-corrected chi connectivity index (χ2v) is 17.9. The number of halogens is 4. The van der Waals surface area contributed by atoms with E-state index in [1.807, 2.05) is 0 Å². The van der Waals surface area contributed by atoms with E-state index in [4.69, 9.17) is 43.7 Å². The quantitative estimate of drug-likeness (QED) is 0.0635. The number of fused-ring (bicyclic) bond motifs is 1. The van der Waals surface area contributed by atoms with Gasteiger partial charge < -0.3 is 20.5 Å². The Morgan fingerprint density at radius 1 is 1.08 bits per heavy atom. The molecule has 5 N–H and O–H groups in total. The number of aliphatic carboxylic acids is 1. The lowest BCUT2D eigenvalue weighted by Gasteiger charge is -2.16. The van der Waals surface area contributed by atoms with E-state index in [1.165, 1.54) is 23.8 Å². The monoisotopic (exact) mass is 899 g/mol. The Labute approximate surface area is 346 Å². The Hall–Kier alpha value is -5.11. The van der Waals surface area contributed by atoms with E-state index in [2.05, 4.69) is 15.1 Å². The second-order valence-electron chi connectivity index (χ2n) is 12.9. The number of sulfonamides is 1. The number of hydrogen-bond acceptors (Lipinski definition) is 12. The molecule has 23 heteroatoms. The maximum absolute atomic E-state index is 13.5. The molecule has 1 aliphatic carbocycles. The van der Waals surface area contributed by atoms with Crippen molar-refractivity contribution < 1.29 is 55.7 Å². The topological polar surface area (TPSA) is 254 Å². The van der Waals surface area contributed by atoms with Gasteiger partial charge in [-0.3, -0.25) is 23.7 Å². The first-order valence-corrected chi connectivity index (χ1v) is 22.1. The number of nitrogens with two attached hydrogens (primary N) is 1. The number of nitrogens with one attached hydrogen (secondary N) is 1. The number of rotatable bonds is 11. The van der Waals surface area contributed by atoms with Crippen molar-refractivity contribution in [1.82, 2.24) is 19.6 Å². The Morgan fingerprint density at radius 3 is 2.25 bits per heavy atom. The van der Waals surface area contributed by atoms with Crippen molar-refractivity contribution in [3.05, 3.63) is 92.8 Å². The predicted octanol–water partition coefficient (Wildman–Crippen LogP) is 5.43. The number of carbonyl (C=O) groups is 4. The minimum Gasteiger partial charge on any atom is -0.480 e. The molecule has 2 aliphatic rings. The van der Waals surface area contributed by atoms with Gasteiger partial charge in [0.1, 0.15) is 28.4 Å². The van der Waals surface area contributed by atoms with Crippen LogP contribution in [0.4, 0.5) is 20.2 Å². The van der Waals surface area contributed by atoms with E-state index >= 15 is 0 Å². The lowest BCUT2D eigenvalue weighted by atomic mass is 9.93. The summed E-state index contributed by atoms with van der Waals surface area (Å²) in [5, 5.41) is 11.6. The van der Waals surface area contributed by atoms with Crippen molar-refractivity contribution in [3.8, 4) is 0 Å². The number of anilines is 2. The summed E-state index contributed by atoms with van der Waals surface area (Å²) in [4.78, 5) is 64.8. The molecule has 0 fully saturated rings. The maximum Gasteiger partial charge on any atom is 0.349 e. The molecule has 2 atom stereocenters. The molecule has 2 unspecified atom stereocenters. The third kappa shape index (κ3) is 12.2. The molecule has 2 amide bonds. The van der Waals surface area contributed by atoms with Crippen LogP contribution in [0.3, 0.4) is 0 Å². The molecule has 2 aromatic carbocycles. The first-order valence-electron chi connectivity index (χ1n) is 17.5. The molecule has 17 nitrogen and oxygen atoms in total. The van der Waals surface area contributed by atoms with Crippen LogP contribution in [-0.4, -0.2) is 87.2 Å². The number of imide groups is 1. The Kier molecular flexibility index (Phi) is 15.6. The van der Waals surface area contributed by atoms with E-state index in [1.54, 1.807) is 42.8 Å². The van der Waals surface area contributed by atoms with Gasteiger partial charge in [0.25, 0.3) is 32.8 Å². The molecular weight excluding hydrogens is 862 g/mol. The van der Waals surface area contributed by atoms with Crippen LogP contribution in [0.2, 0.25) is 5.02 Å². The number of carbonyl (C=O) groups excluding carboxylic acids is 3. The number of amides is 2. The van der Waals surface area contributed by atoms with Crippen LogP contribution in [0.15, 0.2) is 70.0 Å². The van der Waals surface area contributed by atoms with Gasteiger partial charge in [0.2, 0.25) is 0 Å². The summed E-state index contributed by atoms with van der Waals surface area (Å²) >= 11 is 12.1. The first-order chi connectivity index (χ1) is 27.6. The number of benzene rings is 2. The van der Waals surface area contributed by atoms with Gasteiger partial charge in [-0.25, -0.2) is 28.0 Å². The highest BCUT2D eigenvalue weighted by molar-refractivity contribution is 7.92. The summed E-state index contributed by atoms with van der Waals surface area (Å²) < 4.78 is 69.8. The van der Waals surface area contributed by atoms with E-state index in [-0.39, 0.29) is 41.8 Å². The second kappa shape index (κ2) is 19.8. The molecule has 0 saturated carbocycles. The number of aryl methyl sites for hydroxylation is 1. The number of aromatic nitrogens is 4. The lowest BCUT2D eigenvalue weighted by Crippen LogP contribution is -2.31. The van der Waals surface area contributed by atoms with E-state index in [9.17, 15) is 40.9 Å². The number of ether oxygens (including phenoxy) is 1. The molecule has 0 radical (unpaired) electrons. The molecule has 4 aromatic rings. The van der Waals surface area contributed by atoms with Gasteiger partial charge in [-0.15, -0.1) is 5.10 Å². The maximum atomic E-state index is 13.5. The number of nitrogens with zero attached hydrogens (tertiary/aromatic N) is 5. The summed E-state index contributed by atoms with van der Waals surface area (Å²) in [5.41, 5.74) is 6.97. The standard InChI is InChI=1S/C19H17Cl2NO4.C12H9F2N5O2S.C5H12NO4P/c1-2-26-19(25)16(21)10-11-9-12(7-8-15(11)20)22-17(23)13-5-3-4-6-14(13)18(22)24;1-7-5-6-19-11(15-7)16-12(17-19)22(20,21)18-10-8(13)3-2-4-9(10)14;1-11(9,10)3-2-4(6)5(7)8/h7-10H,2-6H2,1H3;2-6,18H,1H3;4H,2-3,6H2,1H3,(H,7,8)(H,9,10)/b16-10-;;. The average Bonchev–Trinajstić information content (AvgIpc) is 3.71. The fourth-order valence-corrected chi connectivity index (χ4v) is 7.44. The summed E-state index contributed by atoms with van der Waals surface area (Å²) in [7, 11) is -7.45. The highest BCUT2D eigenvalue weighted by Gasteiger charge is 2.39. The highest BCUT2D eigenvalue weighted by Crippen LogP contribution is 2.37. The molecule has 0 bridgehead atoms. The Bertz CT molecular complexity index is 2470. The molecule has 2 aromatic heterocycles. The number of para-hydroxylation sites is 1. The van der Waals surface area contributed by atoms with Gasteiger partial charge in [-0.2, -0.15) is 13.4 Å². The summed E-state index contributed by atoms with van der Waals surface area (Å²) in [5.74, 6) is -4.38. The molecule has 3 heterocycles. The minimum atomic E-state index is -4.35. The normalized spacial score (nSPS) is 15.7. The zero-order valence-electron chi connectivity index (χ0n) is 31.6. The van der Waals surface area contributed by atoms with Crippen LogP contribution in [0, 0.1) is 18.6 Å². The minimum absolute atomic E-state index is 0.0412. The fourth-order valence-electron chi connectivity index (χ4n) is 5.39.